The zero-order chi connectivity index (χ0) is 18.1. The van der Waals surface area contributed by atoms with Gasteiger partial charge in [-0.15, -0.1) is 0 Å². The molecule has 0 aliphatic carbocycles. The van der Waals surface area contributed by atoms with E-state index in [0.29, 0.717) is 49.1 Å². The molecule has 3 aromatic heterocycles. The van der Waals surface area contributed by atoms with Crippen LogP contribution in [0.15, 0.2) is 44.0 Å². The quantitative estimate of drug-likeness (QED) is 0.714. The summed E-state index contributed by atoms with van der Waals surface area (Å²) in [6.07, 6.45) is 3.04. The third kappa shape index (κ3) is 2.73. The largest absolute Gasteiger partial charge is 0.469 e. The van der Waals surface area contributed by atoms with Crippen molar-refractivity contribution in [1.82, 2.24) is 9.88 Å². The Morgan fingerprint density at radius 1 is 1.19 bits per heavy atom. The second kappa shape index (κ2) is 6.44. The van der Waals surface area contributed by atoms with Crippen LogP contribution in [0.2, 0.25) is 0 Å². The van der Waals surface area contributed by atoms with E-state index < -0.39 is 0 Å². The summed E-state index contributed by atoms with van der Waals surface area (Å²) < 4.78 is 16.2. The van der Waals surface area contributed by atoms with Gasteiger partial charge in [-0.2, -0.15) is 10.2 Å². The lowest BCUT2D eigenvalue weighted by Crippen LogP contribution is -2.49. The van der Waals surface area contributed by atoms with Crippen LogP contribution in [0.25, 0.3) is 11.7 Å². The minimum absolute atomic E-state index is 0.0507. The number of aryl methyl sites for hydroxylation is 1. The normalized spacial score (nSPS) is 14.5. The van der Waals surface area contributed by atoms with Crippen molar-refractivity contribution in [1.29, 1.82) is 5.26 Å². The molecule has 0 bridgehead atoms. The van der Waals surface area contributed by atoms with Crippen molar-refractivity contribution in [3.8, 4) is 17.7 Å². The molecule has 8 nitrogen and oxygen atoms in total. The van der Waals surface area contributed by atoms with Crippen molar-refractivity contribution in [2.45, 2.75) is 6.92 Å². The van der Waals surface area contributed by atoms with Gasteiger partial charge < -0.3 is 23.1 Å². The Bertz CT molecular complexity index is 956. The van der Waals surface area contributed by atoms with Crippen molar-refractivity contribution in [3.05, 3.63) is 47.7 Å². The van der Waals surface area contributed by atoms with Crippen LogP contribution >= 0.6 is 0 Å². The molecule has 0 N–H and O–H groups in total. The lowest BCUT2D eigenvalue weighted by molar-refractivity contribution is 0.0743. The number of nitrogens with zero attached hydrogens (tertiary/aromatic N) is 4. The zero-order valence-electron chi connectivity index (χ0n) is 14.1. The number of amides is 1. The molecule has 1 aliphatic rings. The summed E-state index contributed by atoms with van der Waals surface area (Å²) in [6, 6.07) is 7.19. The predicted octanol–water partition coefficient (Wildman–Crippen LogP) is 2.67. The van der Waals surface area contributed by atoms with Crippen LogP contribution in [0.5, 0.6) is 0 Å². The second-order valence-electron chi connectivity index (χ2n) is 5.93. The van der Waals surface area contributed by atoms with E-state index in [9.17, 15) is 10.1 Å². The molecule has 1 fully saturated rings. The first kappa shape index (κ1) is 16.0. The first-order valence-corrected chi connectivity index (χ1v) is 8.20. The molecule has 0 aromatic carbocycles. The van der Waals surface area contributed by atoms with Crippen molar-refractivity contribution in [3.63, 3.8) is 0 Å². The molecule has 0 radical (unpaired) electrons. The summed E-state index contributed by atoms with van der Waals surface area (Å²) in [7, 11) is 0. The molecule has 8 heteroatoms. The molecule has 1 aliphatic heterocycles. The number of carbonyl (C=O) groups is 1. The summed E-state index contributed by atoms with van der Waals surface area (Å²) in [5, 5.41) is 9.35. The van der Waals surface area contributed by atoms with Gasteiger partial charge in [0.05, 0.1) is 18.1 Å². The number of oxazole rings is 1. The van der Waals surface area contributed by atoms with Gasteiger partial charge >= 0.3 is 0 Å². The van der Waals surface area contributed by atoms with Crippen LogP contribution in [0, 0.1) is 18.3 Å². The maximum absolute atomic E-state index is 12.6. The Morgan fingerprint density at radius 3 is 2.62 bits per heavy atom. The van der Waals surface area contributed by atoms with Crippen LogP contribution in [0.3, 0.4) is 0 Å². The van der Waals surface area contributed by atoms with Gasteiger partial charge in [-0.05, 0) is 25.1 Å². The fourth-order valence-electron chi connectivity index (χ4n) is 2.99. The smallest absolute Gasteiger partial charge is 0.266 e. The first-order chi connectivity index (χ1) is 12.7. The Labute approximate surface area is 149 Å². The number of aromatic nitrogens is 1. The SMILES string of the molecule is Cc1occc1C(=O)N1CCN(c2oc(-c3ccco3)nc2C#N)CC1. The number of hydrogen-bond donors (Lipinski definition) is 0. The lowest BCUT2D eigenvalue weighted by Gasteiger charge is -2.34. The molecule has 1 saturated heterocycles. The van der Waals surface area contributed by atoms with Crippen LogP contribution in [0.4, 0.5) is 5.88 Å². The maximum atomic E-state index is 12.6. The third-order valence-corrected chi connectivity index (χ3v) is 4.39. The van der Waals surface area contributed by atoms with Gasteiger partial charge in [0.15, 0.2) is 5.76 Å². The van der Waals surface area contributed by atoms with E-state index in [0.717, 1.165) is 0 Å². The minimum atomic E-state index is -0.0507. The maximum Gasteiger partial charge on any atom is 0.266 e. The molecule has 0 atom stereocenters. The number of furan rings is 2. The topological polar surface area (TPSA) is 99.7 Å². The highest BCUT2D eigenvalue weighted by Crippen LogP contribution is 2.29. The summed E-state index contributed by atoms with van der Waals surface area (Å²) >= 11 is 0. The summed E-state index contributed by atoms with van der Waals surface area (Å²) in [5.74, 6) is 1.71. The van der Waals surface area contributed by atoms with Gasteiger partial charge in [-0.1, -0.05) is 0 Å². The van der Waals surface area contributed by atoms with Gasteiger partial charge in [0.25, 0.3) is 11.8 Å². The van der Waals surface area contributed by atoms with E-state index in [1.165, 1.54) is 12.5 Å². The highest BCUT2D eigenvalue weighted by Gasteiger charge is 2.28. The number of piperazine rings is 1. The van der Waals surface area contributed by atoms with Crippen LogP contribution in [0.1, 0.15) is 21.8 Å². The van der Waals surface area contributed by atoms with Crippen molar-refractivity contribution in [2.24, 2.45) is 0 Å². The monoisotopic (exact) mass is 352 g/mol. The summed E-state index contributed by atoms with van der Waals surface area (Å²) in [4.78, 5) is 20.4. The molecule has 0 spiro atoms. The van der Waals surface area contributed by atoms with E-state index in [1.807, 2.05) is 4.90 Å². The Kier molecular flexibility index (Phi) is 3.97. The Hall–Kier alpha value is -3.47. The summed E-state index contributed by atoms with van der Waals surface area (Å²) in [5.41, 5.74) is 0.790. The predicted molar refractivity (Wildman–Crippen MR) is 90.5 cm³/mol. The van der Waals surface area contributed by atoms with Crippen molar-refractivity contribution >= 4 is 11.8 Å². The van der Waals surface area contributed by atoms with Gasteiger partial charge in [-0.3, -0.25) is 4.79 Å². The number of nitriles is 1. The fourth-order valence-corrected chi connectivity index (χ4v) is 2.99. The Morgan fingerprint density at radius 2 is 2.00 bits per heavy atom. The molecule has 132 valence electrons. The van der Waals surface area contributed by atoms with E-state index in [1.54, 1.807) is 30.0 Å². The molecular weight excluding hydrogens is 336 g/mol. The van der Waals surface area contributed by atoms with Crippen LogP contribution in [-0.2, 0) is 0 Å². The zero-order valence-corrected chi connectivity index (χ0v) is 14.1. The number of hydrogen-bond acceptors (Lipinski definition) is 7. The third-order valence-electron chi connectivity index (χ3n) is 4.39. The minimum Gasteiger partial charge on any atom is -0.469 e. The number of carbonyl (C=O) groups excluding carboxylic acids is 1. The van der Waals surface area contributed by atoms with E-state index in [-0.39, 0.29) is 17.5 Å². The van der Waals surface area contributed by atoms with Crippen LogP contribution < -0.4 is 4.90 Å². The highest BCUT2D eigenvalue weighted by molar-refractivity contribution is 5.95. The van der Waals surface area contributed by atoms with Crippen LogP contribution in [-0.4, -0.2) is 42.0 Å². The molecule has 3 aromatic rings. The average Bonchev–Trinajstić information content (AvgIpc) is 3.41. The molecule has 0 unspecified atom stereocenters. The highest BCUT2D eigenvalue weighted by atomic mass is 16.4. The average molecular weight is 352 g/mol. The molecule has 0 saturated carbocycles. The van der Waals surface area contributed by atoms with E-state index in [2.05, 4.69) is 11.1 Å². The van der Waals surface area contributed by atoms with E-state index >= 15 is 0 Å². The molecule has 4 rings (SSSR count). The molecule has 1 amide bonds. The number of anilines is 1. The number of rotatable bonds is 3. The van der Waals surface area contributed by atoms with E-state index in [4.69, 9.17) is 13.3 Å². The second-order valence-corrected chi connectivity index (χ2v) is 5.93. The fraction of sp³-hybridized carbons (Fsp3) is 0.278. The standard InChI is InChI=1S/C18H16N4O4/c1-12-13(4-10-24-12)17(23)21-5-7-22(8-6-21)18-14(11-19)20-16(26-18)15-3-2-9-25-15/h2-4,9-10H,5-8H2,1H3. The van der Waals surface area contributed by atoms with Crippen molar-refractivity contribution < 1.29 is 18.0 Å². The molecule has 26 heavy (non-hydrogen) atoms. The van der Waals surface area contributed by atoms with Gasteiger partial charge in [0, 0.05) is 26.2 Å². The first-order valence-electron chi connectivity index (χ1n) is 8.20. The van der Waals surface area contributed by atoms with Gasteiger partial charge in [0.1, 0.15) is 11.8 Å². The van der Waals surface area contributed by atoms with Gasteiger partial charge in [0.2, 0.25) is 11.6 Å². The van der Waals surface area contributed by atoms with Crippen molar-refractivity contribution in [2.75, 3.05) is 31.1 Å². The van der Waals surface area contributed by atoms with Gasteiger partial charge in [-0.25, -0.2) is 0 Å². The lowest BCUT2D eigenvalue weighted by atomic mass is 10.2. The molecular formula is C18H16N4O4. The molecule has 4 heterocycles. The Balaban J connectivity index is 1.49. The summed E-state index contributed by atoms with van der Waals surface area (Å²) in [6.45, 7) is 3.90.